The Morgan fingerprint density at radius 3 is 2.24 bits per heavy atom. The molecule has 3 fully saturated rings. The van der Waals surface area contributed by atoms with Crippen molar-refractivity contribution >= 4 is 17.5 Å². The molecule has 1 spiro atoms. The molecule has 3 heterocycles. The first-order valence-corrected chi connectivity index (χ1v) is 12.6. The molecule has 2 saturated heterocycles. The van der Waals surface area contributed by atoms with Crippen LogP contribution in [-0.2, 0) is 5.66 Å². The van der Waals surface area contributed by atoms with Gasteiger partial charge in [0.25, 0.3) is 11.8 Å². The van der Waals surface area contributed by atoms with Gasteiger partial charge in [0.1, 0.15) is 0 Å². The lowest BCUT2D eigenvalue weighted by atomic mass is 9.61. The Kier molecular flexibility index (Phi) is 4.64. The molecule has 0 unspecified atom stereocenters. The van der Waals surface area contributed by atoms with Crippen molar-refractivity contribution in [2.75, 3.05) is 31.1 Å². The molecule has 3 aliphatic heterocycles. The Labute approximate surface area is 216 Å². The number of rotatable bonds is 3. The van der Waals surface area contributed by atoms with Crippen molar-refractivity contribution in [3.8, 4) is 0 Å². The third kappa shape index (κ3) is 3.04. The van der Waals surface area contributed by atoms with Crippen molar-refractivity contribution in [2.24, 2.45) is 5.41 Å². The summed E-state index contributed by atoms with van der Waals surface area (Å²) < 4.78 is 54.5. The summed E-state index contributed by atoms with van der Waals surface area (Å²) >= 11 is 0. The molecule has 1 aliphatic carbocycles. The van der Waals surface area contributed by atoms with Gasteiger partial charge in [-0.15, -0.1) is 0 Å². The van der Waals surface area contributed by atoms with Crippen LogP contribution in [0.4, 0.5) is 23.2 Å². The molecular weight excluding hydrogens is 498 g/mol. The first-order chi connectivity index (χ1) is 18.1. The van der Waals surface area contributed by atoms with Gasteiger partial charge in [0, 0.05) is 72.4 Å². The third-order valence-electron chi connectivity index (χ3n) is 8.47. The molecule has 9 heteroatoms. The molecule has 1 atom stereocenters. The van der Waals surface area contributed by atoms with Gasteiger partial charge in [0.2, 0.25) is 5.92 Å². The van der Waals surface area contributed by atoms with Gasteiger partial charge in [-0.25, -0.2) is 17.6 Å². The summed E-state index contributed by atoms with van der Waals surface area (Å²) in [6, 6.07) is 17.6. The minimum Gasteiger partial charge on any atom is -0.370 e. The van der Waals surface area contributed by atoms with Crippen molar-refractivity contribution < 1.29 is 27.2 Å². The summed E-state index contributed by atoms with van der Waals surface area (Å²) in [5.41, 5.74) is 1.11. The lowest BCUT2D eigenvalue weighted by Crippen LogP contribution is -2.66. The fourth-order valence-electron chi connectivity index (χ4n) is 6.95. The number of carbonyl (C=O) groups is 2. The fourth-order valence-corrected chi connectivity index (χ4v) is 6.95. The molecule has 7 rings (SSSR count). The maximum Gasteiger partial charge on any atom is 0.256 e. The quantitative estimate of drug-likeness (QED) is 0.455. The van der Waals surface area contributed by atoms with E-state index < -0.39 is 29.1 Å². The largest absolute Gasteiger partial charge is 0.370 e. The van der Waals surface area contributed by atoms with Crippen LogP contribution >= 0.6 is 0 Å². The molecule has 3 aromatic carbocycles. The minimum absolute atomic E-state index is 0.0123. The van der Waals surface area contributed by atoms with E-state index in [1.165, 1.54) is 6.07 Å². The molecule has 3 aromatic rings. The SMILES string of the molecule is O=C(c1ccc(F)c(F)c1)N1CCN2C(=O)c3ccccc3[C@@]12c1ccc(N2CC3(C2)CC(F)(F)C3)cc1. The molecule has 0 N–H and O–H groups in total. The average molecular weight is 522 g/mol. The van der Waals surface area contributed by atoms with E-state index in [9.17, 15) is 27.2 Å². The van der Waals surface area contributed by atoms with E-state index in [0.717, 1.165) is 17.8 Å². The Morgan fingerprint density at radius 2 is 1.55 bits per heavy atom. The van der Waals surface area contributed by atoms with Crippen LogP contribution in [0.5, 0.6) is 0 Å². The number of anilines is 1. The van der Waals surface area contributed by atoms with E-state index in [1.807, 2.05) is 30.3 Å². The minimum atomic E-state index is -2.56. The van der Waals surface area contributed by atoms with Crippen molar-refractivity contribution in [3.05, 3.63) is 101 Å². The van der Waals surface area contributed by atoms with Crippen LogP contribution in [0.3, 0.4) is 0 Å². The standard InChI is InChI=1S/C29H23F4N3O2/c30-23-10-5-18(13-24(23)31)25(37)35-11-12-36-26(38)21-3-1-2-4-22(21)29(35,36)19-6-8-20(9-7-19)34-16-27(17-34)14-28(32,33)15-27/h1-10,13H,11-12,14-17H2/t29-/m0/s1. The summed E-state index contributed by atoms with van der Waals surface area (Å²) in [6.07, 6.45) is -0.154. The number of hydrogen-bond acceptors (Lipinski definition) is 3. The van der Waals surface area contributed by atoms with Gasteiger partial charge in [0.05, 0.1) is 0 Å². The molecule has 5 nitrogen and oxygen atoms in total. The summed E-state index contributed by atoms with van der Waals surface area (Å²) in [5.74, 6) is -5.46. The van der Waals surface area contributed by atoms with Crippen LogP contribution in [-0.4, -0.2) is 53.7 Å². The van der Waals surface area contributed by atoms with Crippen LogP contribution in [0.1, 0.15) is 44.7 Å². The van der Waals surface area contributed by atoms with E-state index in [1.54, 1.807) is 28.0 Å². The fraction of sp³-hybridized carbons (Fsp3) is 0.310. The van der Waals surface area contributed by atoms with Crippen molar-refractivity contribution in [1.82, 2.24) is 9.80 Å². The highest BCUT2D eigenvalue weighted by Gasteiger charge is 2.62. The molecule has 194 valence electrons. The first-order valence-electron chi connectivity index (χ1n) is 12.6. The Bertz CT molecular complexity index is 1490. The lowest BCUT2D eigenvalue weighted by Gasteiger charge is -2.59. The van der Waals surface area contributed by atoms with Crippen molar-refractivity contribution in [3.63, 3.8) is 0 Å². The highest BCUT2D eigenvalue weighted by molar-refractivity contribution is 6.03. The van der Waals surface area contributed by atoms with Crippen molar-refractivity contribution in [1.29, 1.82) is 0 Å². The zero-order valence-corrected chi connectivity index (χ0v) is 20.3. The monoisotopic (exact) mass is 521 g/mol. The Balaban J connectivity index is 1.28. The van der Waals surface area contributed by atoms with Gasteiger partial charge in [0.15, 0.2) is 17.3 Å². The topological polar surface area (TPSA) is 43.9 Å². The van der Waals surface area contributed by atoms with Gasteiger partial charge in [-0.05, 0) is 36.4 Å². The second-order valence-corrected chi connectivity index (χ2v) is 10.9. The van der Waals surface area contributed by atoms with E-state index in [2.05, 4.69) is 4.90 Å². The average Bonchev–Trinajstić information content (AvgIpc) is 3.38. The van der Waals surface area contributed by atoms with Gasteiger partial charge in [-0.2, -0.15) is 0 Å². The number of benzene rings is 3. The molecule has 0 bridgehead atoms. The Morgan fingerprint density at radius 1 is 0.842 bits per heavy atom. The van der Waals surface area contributed by atoms with Gasteiger partial charge in [-0.3, -0.25) is 9.59 Å². The zero-order valence-electron chi connectivity index (χ0n) is 20.3. The lowest BCUT2D eigenvalue weighted by molar-refractivity contribution is -0.170. The van der Waals surface area contributed by atoms with Crippen LogP contribution < -0.4 is 4.90 Å². The van der Waals surface area contributed by atoms with E-state index in [-0.39, 0.29) is 42.8 Å². The molecule has 0 aromatic heterocycles. The number of amides is 2. The van der Waals surface area contributed by atoms with Crippen LogP contribution in [0.15, 0.2) is 66.7 Å². The molecular formula is C29H23F4N3O2. The van der Waals surface area contributed by atoms with Crippen LogP contribution in [0, 0.1) is 17.0 Å². The predicted octanol–water partition coefficient (Wildman–Crippen LogP) is 5.01. The number of hydrogen-bond donors (Lipinski definition) is 0. The number of alkyl halides is 2. The maximum absolute atomic E-state index is 14.0. The second-order valence-electron chi connectivity index (χ2n) is 10.9. The molecule has 1 saturated carbocycles. The number of nitrogens with zero attached hydrogens (tertiary/aromatic N) is 3. The van der Waals surface area contributed by atoms with Gasteiger partial charge in [-0.1, -0.05) is 30.3 Å². The predicted molar refractivity (Wildman–Crippen MR) is 131 cm³/mol. The summed E-state index contributed by atoms with van der Waals surface area (Å²) in [6.45, 7) is 1.62. The molecule has 38 heavy (non-hydrogen) atoms. The number of halogens is 4. The zero-order chi connectivity index (χ0) is 26.4. The summed E-state index contributed by atoms with van der Waals surface area (Å²) in [5, 5.41) is 0. The third-order valence-corrected chi connectivity index (χ3v) is 8.47. The molecule has 0 radical (unpaired) electrons. The second kappa shape index (κ2) is 7.58. The normalized spacial score (nSPS) is 24.2. The van der Waals surface area contributed by atoms with Gasteiger partial charge >= 0.3 is 0 Å². The van der Waals surface area contributed by atoms with Crippen molar-refractivity contribution in [2.45, 2.75) is 24.4 Å². The van der Waals surface area contributed by atoms with E-state index in [4.69, 9.17) is 0 Å². The molecule has 2 amide bonds. The Hall–Kier alpha value is -3.88. The smallest absolute Gasteiger partial charge is 0.256 e. The van der Waals surface area contributed by atoms with E-state index >= 15 is 0 Å². The van der Waals surface area contributed by atoms with Gasteiger partial charge < -0.3 is 14.7 Å². The van der Waals surface area contributed by atoms with E-state index in [0.29, 0.717) is 29.8 Å². The van der Waals surface area contributed by atoms with Crippen LogP contribution in [0.25, 0.3) is 0 Å². The summed E-state index contributed by atoms with van der Waals surface area (Å²) in [7, 11) is 0. The molecule has 4 aliphatic rings. The summed E-state index contributed by atoms with van der Waals surface area (Å²) in [4.78, 5) is 32.5. The number of carbonyl (C=O) groups excluding carboxylic acids is 2. The highest BCUT2D eigenvalue weighted by atomic mass is 19.3. The number of fused-ring (bicyclic) bond motifs is 3. The first kappa shape index (κ1) is 23.3. The highest BCUT2D eigenvalue weighted by Crippen LogP contribution is 2.57. The maximum atomic E-state index is 14.0. The van der Waals surface area contributed by atoms with Crippen LogP contribution in [0.2, 0.25) is 0 Å².